The van der Waals surface area contributed by atoms with E-state index in [0.717, 1.165) is 47.0 Å². The molecule has 19 heavy (non-hydrogen) atoms. The van der Waals surface area contributed by atoms with Gasteiger partial charge in [0.05, 0.1) is 19.1 Å². The third-order valence-corrected chi connectivity index (χ3v) is 3.94. The zero-order chi connectivity index (χ0) is 14.1. The van der Waals surface area contributed by atoms with E-state index >= 15 is 0 Å². The fourth-order valence-electron chi connectivity index (χ4n) is 1.78. The number of rotatable bonds is 9. The lowest BCUT2D eigenvalue weighted by Crippen LogP contribution is -2.04. The summed E-state index contributed by atoms with van der Waals surface area (Å²) in [6.07, 6.45) is 2.60. The van der Waals surface area contributed by atoms with E-state index < -0.39 is 0 Å². The standard InChI is InChI=1S/C14H23NO3S/c1-17-12-9-11(5-6-15)10-13(18-2)14(12)19-8-4-3-7-16/h9-10,16H,3-8,15H2,1-2H3. The predicted octanol–water partition coefficient (Wildman–Crippen LogP) is 2.07. The first kappa shape index (κ1) is 16.1. The van der Waals surface area contributed by atoms with E-state index in [1.807, 2.05) is 12.1 Å². The van der Waals surface area contributed by atoms with Crippen LogP contribution in [0.15, 0.2) is 17.0 Å². The van der Waals surface area contributed by atoms with Crippen LogP contribution >= 0.6 is 11.8 Å². The summed E-state index contributed by atoms with van der Waals surface area (Å²) in [5.41, 5.74) is 6.71. The Labute approximate surface area is 119 Å². The normalized spacial score (nSPS) is 10.5. The molecule has 1 rings (SSSR count). The quantitative estimate of drug-likeness (QED) is 0.537. The molecule has 3 N–H and O–H groups in total. The van der Waals surface area contributed by atoms with Crippen molar-refractivity contribution in [3.05, 3.63) is 17.7 Å². The first-order valence-electron chi connectivity index (χ1n) is 6.45. The minimum absolute atomic E-state index is 0.240. The molecule has 5 heteroatoms. The third kappa shape index (κ3) is 4.93. The monoisotopic (exact) mass is 285 g/mol. The number of thioether (sulfide) groups is 1. The van der Waals surface area contributed by atoms with E-state index in [1.54, 1.807) is 26.0 Å². The SMILES string of the molecule is COc1cc(CCN)cc(OC)c1SCCCCO. The van der Waals surface area contributed by atoms with Crippen molar-refractivity contribution in [2.45, 2.75) is 24.2 Å². The number of unbranched alkanes of at least 4 members (excludes halogenated alkanes) is 1. The zero-order valence-corrected chi connectivity index (χ0v) is 12.5. The molecule has 0 aliphatic carbocycles. The topological polar surface area (TPSA) is 64.7 Å². The van der Waals surface area contributed by atoms with Crippen molar-refractivity contribution in [1.82, 2.24) is 0 Å². The fraction of sp³-hybridized carbons (Fsp3) is 0.571. The van der Waals surface area contributed by atoms with Crippen LogP contribution in [0, 0.1) is 0 Å². The van der Waals surface area contributed by atoms with Crippen molar-refractivity contribution in [1.29, 1.82) is 0 Å². The van der Waals surface area contributed by atoms with Gasteiger partial charge in [-0.1, -0.05) is 0 Å². The molecule has 0 fully saturated rings. The lowest BCUT2D eigenvalue weighted by Gasteiger charge is -2.14. The van der Waals surface area contributed by atoms with Crippen molar-refractivity contribution >= 4 is 11.8 Å². The Hall–Kier alpha value is -0.910. The Morgan fingerprint density at radius 2 is 1.79 bits per heavy atom. The van der Waals surface area contributed by atoms with Crippen LogP contribution in [-0.2, 0) is 6.42 Å². The molecule has 0 unspecified atom stereocenters. The Balaban J connectivity index is 2.86. The molecule has 0 aliphatic rings. The lowest BCUT2D eigenvalue weighted by atomic mass is 10.1. The molecule has 1 aromatic rings. The smallest absolute Gasteiger partial charge is 0.136 e. The molecule has 0 bridgehead atoms. The van der Waals surface area contributed by atoms with Crippen LogP contribution in [0.3, 0.4) is 0 Å². The van der Waals surface area contributed by atoms with Gasteiger partial charge in [0.2, 0.25) is 0 Å². The second kappa shape index (κ2) is 9.07. The van der Waals surface area contributed by atoms with Gasteiger partial charge in [-0.3, -0.25) is 0 Å². The van der Waals surface area contributed by atoms with Crippen molar-refractivity contribution < 1.29 is 14.6 Å². The second-order valence-corrected chi connectivity index (χ2v) is 5.25. The molecule has 1 aromatic carbocycles. The summed E-state index contributed by atoms with van der Waals surface area (Å²) in [6.45, 7) is 0.847. The van der Waals surface area contributed by atoms with Gasteiger partial charge in [0.15, 0.2) is 0 Å². The van der Waals surface area contributed by atoms with Crippen LogP contribution < -0.4 is 15.2 Å². The van der Waals surface area contributed by atoms with Gasteiger partial charge in [0.25, 0.3) is 0 Å². The molecule has 0 amide bonds. The Morgan fingerprint density at radius 3 is 2.26 bits per heavy atom. The number of aliphatic hydroxyl groups is 1. The Kier molecular flexibility index (Phi) is 7.70. The lowest BCUT2D eigenvalue weighted by molar-refractivity contribution is 0.287. The summed E-state index contributed by atoms with van der Waals surface area (Å²) in [6, 6.07) is 4.04. The molecule has 0 heterocycles. The van der Waals surface area contributed by atoms with Gasteiger partial charge in [-0.15, -0.1) is 11.8 Å². The van der Waals surface area contributed by atoms with E-state index in [4.69, 9.17) is 20.3 Å². The van der Waals surface area contributed by atoms with Gasteiger partial charge in [-0.05, 0) is 49.3 Å². The zero-order valence-electron chi connectivity index (χ0n) is 11.6. The number of benzene rings is 1. The molecular weight excluding hydrogens is 262 g/mol. The van der Waals surface area contributed by atoms with E-state index in [1.165, 1.54) is 0 Å². The molecular formula is C14H23NO3S. The van der Waals surface area contributed by atoms with Crippen molar-refractivity contribution in [2.75, 3.05) is 33.1 Å². The summed E-state index contributed by atoms with van der Waals surface area (Å²) in [5, 5.41) is 8.79. The molecule has 0 spiro atoms. The first-order valence-corrected chi connectivity index (χ1v) is 7.44. The molecule has 0 saturated heterocycles. The maximum Gasteiger partial charge on any atom is 0.136 e. The molecule has 108 valence electrons. The highest BCUT2D eigenvalue weighted by molar-refractivity contribution is 7.99. The number of hydrogen-bond donors (Lipinski definition) is 2. The summed E-state index contributed by atoms with van der Waals surface area (Å²) >= 11 is 1.70. The minimum atomic E-state index is 0.240. The van der Waals surface area contributed by atoms with Gasteiger partial charge in [-0.25, -0.2) is 0 Å². The first-order chi connectivity index (χ1) is 9.26. The number of hydrogen-bond acceptors (Lipinski definition) is 5. The highest BCUT2D eigenvalue weighted by Crippen LogP contribution is 2.39. The van der Waals surface area contributed by atoms with Crippen LogP contribution in [0.25, 0.3) is 0 Å². The van der Waals surface area contributed by atoms with Gasteiger partial charge in [0, 0.05) is 6.61 Å². The van der Waals surface area contributed by atoms with Crippen LogP contribution in [0.5, 0.6) is 11.5 Å². The van der Waals surface area contributed by atoms with E-state index in [0.29, 0.717) is 6.54 Å². The second-order valence-electron chi connectivity index (χ2n) is 4.15. The molecule has 0 aliphatic heterocycles. The minimum Gasteiger partial charge on any atom is -0.495 e. The van der Waals surface area contributed by atoms with E-state index in [9.17, 15) is 0 Å². The predicted molar refractivity (Wildman–Crippen MR) is 79.3 cm³/mol. The third-order valence-electron chi connectivity index (χ3n) is 2.75. The summed E-state index contributed by atoms with van der Waals surface area (Å²) in [7, 11) is 3.33. The maximum atomic E-state index is 8.79. The average Bonchev–Trinajstić information content (AvgIpc) is 2.44. The number of methoxy groups -OCH3 is 2. The molecule has 4 nitrogen and oxygen atoms in total. The van der Waals surface area contributed by atoms with Crippen molar-refractivity contribution in [2.24, 2.45) is 5.73 Å². The fourth-order valence-corrected chi connectivity index (χ4v) is 2.90. The van der Waals surface area contributed by atoms with Crippen molar-refractivity contribution in [3.63, 3.8) is 0 Å². The summed E-state index contributed by atoms with van der Waals surface area (Å²) in [5.74, 6) is 2.59. The Morgan fingerprint density at radius 1 is 1.16 bits per heavy atom. The maximum absolute atomic E-state index is 8.79. The van der Waals surface area contributed by atoms with Gasteiger partial charge in [-0.2, -0.15) is 0 Å². The van der Waals surface area contributed by atoms with Crippen LogP contribution in [0.4, 0.5) is 0 Å². The van der Waals surface area contributed by atoms with Crippen LogP contribution in [0.2, 0.25) is 0 Å². The molecule has 0 aromatic heterocycles. The molecule has 0 radical (unpaired) electrons. The number of nitrogens with two attached hydrogens (primary N) is 1. The van der Waals surface area contributed by atoms with Crippen LogP contribution in [0.1, 0.15) is 18.4 Å². The molecule has 0 saturated carbocycles. The van der Waals surface area contributed by atoms with Crippen molar-refractivity contribution in [3.8, 4) is 11.5 Å². The van der Waals surface area contributed by atoms with E-state index in [2.05, 4.69) is 0 Å². The van der Waals surface area contributed by atoms with Crippen LogP contribution in [-0.4, -0.2) is 38.2 Å². The Bertz CT molecular complexity index is 360. The van der Waals surface area contributed by atoms with Gasteiger partial charge in [0.1, 0.15) is 11.5 Å². The highest BCUT2D eigenvalue weighted by Gasteiger charge is 2.12. The van der Waals surface area contributed by atoms with E-state index in [-0.39, 0.29) is 6.61 Å². The largest absolute Gasteiger partial charge is 0.495 e. The summed E-state index contributed by atoms with van der Waals surface area (Å²) in [4.78, 5) is 1.02. The number of aliphatic hydroxyl groups excluding tert-OH is 1. The van der Waals surface area contributed by atoms with Gasteiger partial charge >= 0.3 is 0 Å². The number of ether oxygens (including phenoxy) is 2. The average molecular weight is 285 g/mol. The summed E-state index contributed by atoms with van der Waals surface area (Å²) < 4.78 is 10.9. The van der Waals surface area contributed by atoms with Gasteiger partial charge < -0.3 is 20.3 Å². The molecule has 0 atom stereocenters. The highest BCUT2D eigenvalue weighted by atomic mass is 32.2.